The number of carbonyl (C=O) groups is 2. The molecule has 0 spiro atoms. The van der Waals surface area contributed by atoms with E-state index in [4.69, 9.17) is 0 Å². The van der Waals surface area contributed by atoms with Gasteiger partial charge < -0.3 is 10.2 Å². The highest BCUT2D eigenvalue weighted by atomic mass is 79.9. The number of nitrogens with one attached hydrogen (secondary N) is 1. The van der Waals surface area contributed by atoms with Crippen LogP contribution in [0.1, 0.15) is 33.6 Å². The fourth-order valence-electron chi connectivity index (χ4n) is 2.94. The number of benzene rings is 2. The van der Waals surface area contributed by atoms with Gasteiger partial charge in [-0.1, -0.05) is 34.1 Å². The van der Waals surface area contributed by atoms with Gasteiger partial charge in [0, 0.05) is 29.2 Å². The van der Waals surface area contributed by atoms with Gasteiger partial charge in [0.2, 0.25) is 0 Å². The number of amides is 2. The highest BCUT2D eigenvalue weighted by molar-refractivity contribution is 9.10. The molecule has 0 bridgehead atoms. The predicted octanol–water partition coefficient (Wildman–Crippen LogP) is 3.62. The number of likely N-dealkylation sites (tertiary alicyclic amines) is 1. The van der Waals surface area contributed by atoms with Crippen molar-refractivity contribution in [2.45, 2.75) is 18.9 Å². The molecule has 1 heterocycles. The first-order chi connectivity index (χ1) is 12.0. The van der Waals surface area contributed by atoms with Crippen LogP contribution in [0, 0.1) is 5.82 Å². The quantitative estimate of drug-likeness (QED) is 0.848. The zero-order valence-electron chi connectivity index (χ0n) is 13.5. The van der Waals surface area contributed by atoms with Crippen LogP contribution in [-0.2, 0) is 0 Å². The highest BCUT2D eigenvalue weighted by Crippen LogP contribution is 2.18. The molecule has 2 aromatic carbocycles. The van der Waals surface area contributed by atoms with Crippen LogP contribution in [0.2, 0.25) is 0 Å². The lowest BCUT2D eigenvalue weighted by molar-refractivity contribution is 0.0698. The lowest BCUT2D eigenvalue weighted by Crippen LogP contribution is -2.46. The van der Waals surface area contributed by atoms with E-state index in [1.54, 1.807) is 29.2 Å². The van der Waals surface area contributed by atoms with Gasteiger partial charge in [-0.3, -0.25) is 9.59 Å². The minimum Gasteiger partial charge on any atom is -0.349 e. The van der Waals surface area contributed by atoms with Gasteiger partial charge in [-0.2, -0.15) is 0 Å². The monoisotopic (exact) mass is 404 g/mol. The third kappa shape index (κ3) is 4.25. The molecule has 1 saturated heterocycles. The molecule has 0 saturated carbocycles. The van der Waals surface area contributed by atoms with Gasteiger partial charge in [0.25, 0.3) is 11.8 Å². The van der Waals surface area contributed by atoms with Crippen molar-refractivity contribution in [2.75, 3.05) is 13.1 Å². The predicted molar refractivity (Wildman–Crippen MR) is 96.9 cm³/mol. The van der Waals surface area contributed by atoms with Crippen LogP contribution in [-0.4, -0.2) is 35.8 Å². The van der Waals surface area contributed by atoms with Crippen molar-refractivity contribution in [1.82, 2.24) is 10.2 Å². The standard InChI is InChI=1S/C19H18BrFN2O2/c20-14-5-3-4-13(12-14)19(25)23-10-8-15(9-11-23)22-18(24)16-6-1-2-7-17(16)21/h1-7,12,15H,8-11H2,(H,22,24). The summed E-state index contributed by atoms with van der Waals surface area (Å²) >= 11 is 3.37. The summed E-state index contributed by atoms with van der Waals surface area (Å²) in [5.74, 6) is -0.947. The summed E-state index contributed by atoms with van der Waals surface area (Å²) in [6.07, 6.45) is 1.31. The van der Waals surface area contributed by atoms with E-state index in [1.165, 1.54) is 12.1 Å². The first kappa shape index (κ1) is 17.6. The molecule has 1 fully saturated rings. The molecule has 25 heavy (non-hydrogen) atoms. The number of nitrogens with zero attached hydrogens (tertiary/aromatic N) is 1. The van der Waals surface area contributed by atoms with Gasteiger partial charge in [-0.05, 0) is 43.2 Å². The van der Waals surface area contributed by atoms with Crippen molar-refractivity contribution in [1.29, 1.82) is 0 Å². The maximum atomic E-state index is 13.7. The maximum Gasteiger partial charge on any atom is 0.254 e. The van der Waals surface area contributed by atoms with Crippen LogP contribution >= 0.6 is 15.9 Å². The Morgan fingerprint density at radius 2 is 1.80 bits per heavy atom. The number of carbonyl (C=O) groups excluding carboxylic acids is 2. The summed E-state index contributed by atoms with van der Waals surface area (Å²) < 4.78 is 14.5. The summed E-state index contributed by atoms with van der Waals surface area (Å²) in [5, 5.41) is 2.86. The van der Waals surface area contributed by atoms with Crippen LogP contribution in [0.5, 0.6) is 0 Å². The minimum atomic E-state index is -0.526. The van der Waals surface area contributed by atoms with Gasteiger partial charge in [0.15, 0.2) is 0 Å². The molecule has 0 aliphatic carbocycles. The topological polar surface area (TPSA) is 49.4 Å². The molecule has 130 valence electrons. The van der Waals surface area contributed by atoms with Crippen LogP contribution in [0.15, 0.2) is 53.0 Å². The summed E-state index contributed by atoms with van der Waals surface area (Å²) in [4.78, 5) is 26.5. The van der Waals surface area contributed by atoms with Crippen LogP contribution in [0.3, 0.4) is 0 Å². The minimum absolute atomic E-state index is 0.0137. The Labute approximate surface area is 154 Å². The molecule has 4 nitrogen and oxygen atoms in total. The Morgan fingerprint density at radius 3 is 2.48 bits per heavy atom. The Morgan fingerprint density at radius 1 is 1.08 bits per heavy atom. The second-order valence-corrected chi connectivity index (χ2v) is 6.95. The summed E-state index contributed by atoms with van der Waals surface area (Å²) in [7, 11) is 0. The molecule has 3 rings (SSSR count). The van der Waals surface area contributed by atoms with E-state index in [0.29, 0.717) is 31.5 Å². The maximum absolute atomic E-state index is 13.7. The molecule has 2 aromatic rings. The molecule has 0 atom stereocenters. The van der Waals surface area contributed by atoms with E-state index in [0.717, 1.165) is 4.47 Å². The summed E-state index contributed by atoms with van der Waals surface area (Å²) in [6.45, 7) is 1.13. The van der Waals surface area contributed by atoms with Crippen LogP contribution in [0.25, 0.3) is 0 Å². The van der Waals surface area contributed by atoms with Gasteiger partial charge in [-0.25, -0.2) is 4.39 Å². The first-order valence-corrected chi connectivity index (χ1v) is 8.94. The van der Waals surface area contributed by atoms with Crippen LogP contribution < -0.4 is 5.32 Å². The van der Waals surface area contributed by atoms with Crippen molar-refractivity contribution in [3.8, 4) is 0 Å². The zero-order chi connectivity index (χ0) is 17.8. The highest BCUT2D eigenvalue weighted by Gasteiger charge is 2.25. The lowest BCUT2D eigenvalue weighted by atomic mass is 10.0. The van der Waals surface area contributed by atoms with Crippen molar-refractivity contribution in [2.24, 2.45) is 0 Å². The van der Waals surface area contributed by atoms with E-state index < -0.39 is 11.7 Å². The van der Waals surface area contributed by atoms with Crippen molar-refractivity contribution in [3.63, 3.8) is 0 Å². The number of piperidine rings is 1. The normalized spacial score (nSPS) is 15.0. The molecule has 0 unspecified atom stereocenters. The van der Waals surface area contributed by atoms with E-state index in [9.17, 15) is 14.0 Å². The van der Waals surface area contributed by atoms with E-state index in [1.807, 2.05) is 12.1 Å². The molecule has 6 heteroatoms. The number of hydrogen-bond acceptors (Lipinski definition) is 2. The molecule has 0 aromatic heterocycles. The SMILES string of the molecule is O=C(NC1CCN(C(=O)c2cccc(Br)c2)CC1)c1ccccc1F. The second kappa shape index (κ2) is 7.78. The second-order valence-electron chi connectivity index (χ2n) is 6.03. The number of halogens is 2. The largest absolute Gasteiger partial charge is 0.349 e. The smallest absolute Gasteiger partial charge is 0.254 e. The fourth-order valence-corrected chi connectivity index (χ4v) is 3.34. The van der Waals surface area contributed by atoms with E-state index in [-0.39, 0.29) is 17.5 Å². The van der Waals surface area contributed by atoms with Crippen molar-refractivity contribution >= 4 is 27.7 Å². The van der Waals surface area contributed by atoms with Gasteiger partial charge in [0.1, 0.15) is 5.82 Å². The van der Waals surface area contributed by atoms with Gasteiger partial charge in [0.05, 0.1) is 5.56 Å². The zero-order valence-corrected chi connectivity index (χ0v) is 15.1. The summed E-state index contributed by atoms with van der Waals surface area (Å²) in [5.41, 5.74) is 0.693. The Kier molecular flexibility index (Phi) is 5.48. The molecule has 2 amide bonds. The van der Waals surface area contributed by atoms with Gasteiger partial charge in [-0.15, -0.1) is 0 Å². The lowest BCUT2D eigenvalue weighted by Gasteiger charge is -2.32. The molecule has 1 N–H and O–H groups in total. The van der Waals surface area contributed by atoms with E-state index >= 15 is 0 Å². The van der Waals surface area contributed by atoms with Gasteiger partial charge >= 0.3 is 0 Å². The van der Waals surface area contributed by atoms with Crippen molar-refractivity contribution < 1.29 is 14.0 Å². The molecule has 0 radical (unpaired) electrons. The molecule has 1 aliphatic rings. The third-order valence-electron chi connectivity index (χ3n) is 4.31. The Hall–Kier alpha value is -2.21. The average molecular weight is 405 g/mol. The van der Waals surface area contributed by atoms with Crippen LogP contribution in [0.4, 0.5) is 4.39 Å². The molecular weight excluding hydrogens is 387 g/mol. The third-order valence-corrected chi connectivity index (χ3v) is 4.80. The average Bonchev–Trinajstić information content (AvgIpc) is 2.62. The Balaban J connectivity index is 1.56. The first-order valence-electron chi connectivity index (χ1n) is 8.15. The van der Waals surface area contributed by atoms with E-state index in [2.05, 4.69) is 21.2 Å². The number of rotatable bonds is 3. The summed E-state index contributed by atoms with van der Waals surface area (Å²) in [6, 6.07) is 13.2. The Bertz CT molecular complexity index is 788. The van der Waals surface area contributed by atoms with Crippen molar-refractivity contribution in [3.05, 3.63) is 69.9 Å². The molecule has 1 aliphatic heterocycles. The number of hydrogen-bond donors (Lipinski definition) is 1. The molecular formula is C19H18BrFN2O2. The fraction of sp³-hybridized carbons (Fsp3) is 0.263.